The van der Waals surface area contributed by atoms with Crippen LogP contribution < -0.4 is 5.32 Å². The number of methoxy groups -OCH3 is 1. The summed E-state index contributed by atoms with van der Waals surface area (Å²) in [6.45, 7) is 8.81. The molecule has 0 aromatic carbocycles. The molecule has 0 radical (unpaired) electrons. The Morgan fingerprint density at radius 3 is 3.00 bits per heavy atom. The molecule has 0 aliphatic carbocycles. The average molecular weight is 172 g/mol. The summed E-state index contributed by atoms with van der Waals surface area (Å²) in [5.74, 6) is 0. The van der Waals surface area contributed by atoms with Gasteiger partial charge in [0.15, 0.2) is 0 Å². The third-order valence-corrected chi connectivity index (χ3v) is 2.37. The molecule has 1 aliphatic heterocycles. The predicted molar refractivity (Wildman–Crippen MR) is 50.4 cm³/mol. The van der Waals surface area contributed by atoms with Crippen molar-refractivity contribution in [1.29, 1.82) is 0 Å². The second-order valence-corrected chi connectivity index (χ2v) is 3.66. The van der Waals surface area contributed by atoms with E-state index >= 15 is 0 Å². The lowest BCUT2D eigenvalue weighted by molar-refractivity contribution is 0.0669. The molecule has 1 fully saturated rings. The first-order valence-corrected chi connectivity index (χ1v) is 4.71. The summed E-state index contributed by atoms with van der Waals surface area (Å²) in [5.41, 5.74) is 0. The van der Waals surface area contributed by atoms with E-state index in [-0.39, 0.29) is 0 Å². The van der Waals surface area contributed by atoms with Gasteiger partial charge in [-0.25, -0.2) is 0 Å². The van der Waals surface area contributed by atoms with E-state index in [2.05, 4.69) is 24.1 Å². The Labute approximate surface area is 75.1 Å². The second kappa shape index (κ2) is 4.80. The lowest BCUT2D eigenvalue weighted by Gasteiger charge is -2.33. The Bertz CT molecular complexity index is 130. The van der Waals surface area contributed by atoms with Crippen LogP contribution in [0, 0.1) is 0 Å². The highest BCUT2D eigenvalue weighted by Crippen LogP contribution is 2.00. The van der Waals surface area contributed by atoms with E-state index in [0.717, 1.165) is 26.2 Å². The number of hydrogen-bond donors (Lipinski definition) is 1. The van der Waals surface area contributed by atoms with Crippen LogP contribution in [-0.2, 0) is 4.74 Å². The van der Waals surface area contributed by atoms with Gasteiger partial charge in [-0.1, -0.05) is 0 Å². The molecule has 2 atom stereocenters. The minimum absolute atomic E-state index is 0.357. The van der Waals surface area contributed by atoms with E-state index in [0.29, 0.717) is 12.1 Å². The van der Waals surface area contributed by atoms with E-state index in [9.17, 15) is 0 Å². The Kier molecular flexibility index (Phi) is 3.98. The van der Waals surface area contributed by atoms with Gasteiger partial charge in [-0.3, -0.25) is 4.90 Å². The van der Waals surface area contributed by atoms with Crippen LogP contribution in [0.5, 0.6) is 0 Å². The Balaban J connectivity index is 2.22. The van der Waals surface area contributed by atoms with Crippen LogP contribution in [0.25, 0.3) is 0 Å². The number of rotatable bonds is 3. The van der Waals surface area contributed by atoms with Crippen LogP contribution in [0.1, 0.15) is 13.8 Å². The Hall–Kier alpha value is -0.120. The van der Waals surface area contributed by atoms with Crippen LogP contribution in [-0.4, -0.2) is 50.3 Å². The third-order valence-electron chi connectivity index (χ3n) is 2.37. The molecule has 1 heterocycles. The average Bonchev–Trinajstić information content (AvgIpc) is 2.04. The van der Waals surface area contributed by atoms with Crippen LogP contribution in [0.2, 0.25) is 0 Å². The molecule has 0 saturated carbocycles. The molecule has 0 aromatic rings. The number of ether oxygens (including phenoxy) is 1. The SMILES string of the molecule is COC(C)CN1CCN[C@H](C)C1. The molecule has 0 amide bonds. The quantitative estimate of drug-likeness (QED) is 0.663. The number of piperazine rings is 1. The summed E-state index contributed by atoms with van der Waals surface area (Å²) in [7, 11) is 1.77. The fourth-order valence-corrected chi connectivity index (χ4v) is 1.62. The summed E-state index contributed by atoms with van der Waals surface area (Å²) >= 11 is 0. The molecule has 0 aromatic heterocycles. The van der Waals surface area contributed by atoms with Crippen LogP contribution in [0.4, 0.5) is 0 Å². The van der Waals surface area contributed by atoms with Gasteiger partial charge in [0.2, 0.25) is 0 Å². The molecule has 1 aliphatic rings. The van der Waals surface area contributed by atoms with Gasteiger partial charge in [0.25, 0.3) is 0 Å². The third kappa shape index (κ3) is 3.09. The van der Waals surface area contributed by atoms with Crippen molar-refractivity contribution in [3.05, 3.63) is 0 Å². The predicted octanol–water partition coefficient (Wildman–Crippen LogP) is 0.315. The molecule has 3 nitrogen and oxygen atoms in total. The zero-order valence-electron chi connectivity index (χ0n) is 8.34. The molecule has 0 bridgehead atoms. The van der Waals surface area contributed by atoms with Gasteiger partial charge >= 0.3 is 0 Å². The van der Waals surface area contributed by atoms with Crippen molar-refractivity contribution in [2.45, 2.75) is 26.0 Å². The van der Waals surface area contributed by atoms with Gasteiger partial charge in [-0.15, -0.1) is 0 Å². The maximum Gasteiger partial charge on any atom is 0.0670 e. The van der Waals surface area contributed by atoms with E-state index in [1.807, 2.05) is 0 Å². The molecule has 1 rings (SSSR count). The summed E-state index contributed by atoms with van der Waals surface area (Å²) < 4.78 is 5.23. The topological polar surface area (TPSA) is 24.5 Å². The number of nitrogens with zero attached hydrogens (tertiary/aromatic N) is 1. The Morgan fingerprint density at radius 1 is 1.67 bits per heavy atom. The van der Waals surface area contributed by atoms with Crippen LogP contribution in [0.3, 0.4) is 0 Å². The minimum Gasteiger partial charge on any atom is -0.380 e. The molecule has 1 saturated heterocycles. The van der Waals surface area contributed by atoms with Crippen molar-refractivity contribution >= 4 is 0 Å². The van der Waals surface area contributed by atoms with Gasteiger partial charge in [-0.2, -0.15) is 0 Å². The molecular weight excluding hydrogens is 152 g/mol. The highest BCUT2D eigenvalue weighted by atomic mass is 16.5. The standard InChI is InChI=1S/C9H20N2O/c1-8-6-11(5-4-10-8)7-9(2)12-3/h8-10H,4-7H2,1-3H3/t8-,9?/m1/s1. The highest BCUT2D eigenvalue weighted by molar-refractivity contribution is 4.75. The van der Waals surface area contributed by atoms with E-state index in [1.54, 1.807) is 7.11 Å². The van der Waals surface area contributed by atoms with Crippen molar-refractivity contribution in [1.82, 2.24) is 10.2 Å². The summed E-state index contributed by atoms with van der Waals surface area (Å²) in [5, 5.41) is 3.42. The van der Waals surface area contributed by atoms with Crippen molar-refractivity contribution < 1.29 is 4.74 Å². The molecule has 3 heteroatoms. The first-order chi connectivity index (χ1) is 5.72. The van der Waals surface area contributed by atoms with Crippen LogP contribution in [0.15, 0.2) is 0 Å². The van der Waals surface area contributed by atoms with Gasteiger partial charge in [0.1, 0.15) is 0 Å². The lowest BCUT2D eigenvalue weighted by Crippen LogP contribution is -2.50. The van der Waals surface area contributed by atoms with Gasteiger partial charge in [0, 0.05) is 39.3 Å². The largest absolute Gasteiger partial charge is 0.380 e. The van der Waals surface area contributed by atoms with E-state index < -0.39 is 0 Å². The number of nitrogens with one attached hydrogen (secondary N) is 1. The smallest absolute Gasteiger partial charge is 0.0670 e. The maximum atomic E-state index is 5.23. The van der Waals surface area contributed by atoms with Crippen molar-refractivity contribution in [2.24, 2.45) is 0 Å². The summed E-state index contributed by atoms with van der Waals surface area (Å²) in [4.78, 5) is 2.45. The molecule has 1 N–H and O–H groups in total. The molecule has 12 heavy (non-hydrogen) atoms. The Morgan fingerprint density at radius 2 is 2.42 bits per heavy atom. The zero-order chi connectivity index (χ0) is 8.97. The molecule has 72 valence electrons. The van der Waals surface area contributed by atoms with Crippen molar-refractivity contribution in [3.63, 3.8) is 0 Å². The molecule has 0 spiro atoms. The first kappa shape index (κ1) is 9.96. The van der Waals surface area contributed by atoms with Crippen molar-refractivity contribution in [2.75, 3.05) is 33.3 Å². The minimum atomic E-state index is 0.357. The number of hydrogen-bond acceptors (Lipinski definition) is 3. The lowest BCUT2D eigenvalue weighted by atomic mass is 10.2. The van der Waals surface area contributed by atoms with E-state index in [1.165, 1.54) is 0 Å². The zero-order valence-corrected chi connectivity index (χ0v) is 8.34. The maximum absolute atomic E-state index is 5.23. The monoisotopic (exact) mass is 172 g/mol. The van der Waals surface area contributed by atoms with Gasteiger partial charge in [-0.05, 0) is 13.8 Å². The van der Waals surface area contributed by atoms with Crippen LogP contribution >= 0.6 is 0 Å². The van der Waals surface area contributed by atoms with Gasteiger partial charge < -0.3 is 10.1 Å². The second-order valence-electron chi connectivity index (χ2n) is 3.66. The highest BCUT2D eigenvalue weighted by Gasteiger charge is 2.16. The summed E-state index contributed by atoms with van der Waals surface area (Å²) in [6.07, 6.45) is 0.357. The fourth-order valence-electron chi connectivity index (χ4n) is 1.62. The molecular formula is C9H20N2O. The normalized spacial score (nSPS) is 28.8. The van der Waals surface area contributed by atoms with Gasteiger partial charge in [0.05, 0.1) is 6.10 Å². The molecule has 1 unspecified atom stereocenters. The van der Waals surface area contributed by atoms with Crippen molar-refractivity contribution in [3.8, 4) is 0 Å². The first-order valence-electron chi connectivity index (χ1n) is 4.71. The summed E-state index contributed by atoms with van der Waals surface area (Å²) in [6, 6.07) is 0.628. The fraction of sp³-hybridized carbons (Fsp3) is 1.00. The van der Waals surface area contributed by atoms with E-state index in [4.69, 9.17) is 4.74 Å².